The maximum atomic E-state index is 4.09. The van der Waals surface area contributed by atoms with Crippen molar-refractivity contribution in [3.63, 3.8) is 0 Å². The second kappa shape index (κ2) is 2.93. The molecular weight excluding hydrogens is 144 g/mol. The number of rotatable bonds is 2. The summed E-state index contributed by atoms with van der Waals surface area (Å²) in [5, 5.41) is 0. The van der Waals surface area contributed by atoms with Crippen molar-refractivity contribution >= 4 is 0 Å². The third-order valence-corrected chi connectivity index (χ3v) is 2.65. The van der Waals surface area contributed by atoms with Gasteiger partial charge in [-0.1, -0.05) is 25.1 Å². The van der Waals surface area contributed by atoms with Crippen LogP contribution in [0.5, 0.6) is 0 Å². The third-order valence-electron chi connectivity index (χ3n) is 2.65. The summed E-state index contributed by atoms with van der Waals surface area (Å²) in [5.74, 6) is 0.841. The summed E-state index contributed by atoms with van der Waals surface area (Å²) in [5.41, 5.74) is 4.29. The van der Waals surface area contributed by atoms with Crippen LogP contribution in [0.2, 0.25) is 0 Å². The first-order valence-corrected chi connectivity index (χ1v) is 4.76. The molecule has 0 unspecified atom stereocenters. The van der Waals surface area contributed by atoms with Crippen LogP contribution in [-0.2, 0) is 6.42 Å². The summed E-state index contributed by atoms with van der Waals surface area (Å²) in [7, 11) is 0. The summed E-state index contributed by atoms with van der Waals surface area (Å²) < 4.78 is 0. The van der Waals surface area contributed by atoms with Gasteiger partial charge in [-0.2, -0.15) is 0 Å². The lowest BCUT2D eigenvalue weighted by Crippen LogP contribution is -1.93. The summed E-state index contributed by atoms with van der Waals surface area (Å²) in [6, 6.07) is 6.49. The Bertz CT molecular complexity index is 282. The lowest BCUT2D eigenvalue weighted by atomic mass is 9.96. The minimum absolute atomic E-state index is 0.841. The van der Waals surface area contributed by atoms with Crippen LogP contribution in [0.3, 0.4) is 0 Å². The molecule has 1 fully saturated rings. The SMILES string of the molecule is [CH2]c1cccc(CC)c1C1CC1. The van der Waals surface area contributed by atoms with E-state index in [-0.39, 0.29) is 0 Å². The maximum Gasteiger partial charge on any atom is -0.0156 e. The van der Waals surface area contributed by atoms with E-state index in [0.29, 0.717) is 0 Å². The van der Waals surface area contributed by atoms with Gasteiger partial charge in [0, 0.05) is 0 Å². The standard InChI is InChI=1S/C12H15/c1-3-10-6-4-5-9(2)12(10)11-7-8-11/h4-6,11H,2-3,7-8H2,1H3. The van der Waals surface area contributed by atoms with Crippen LogP contribution in [-0.4, -0.2) is 0 Å². The fraction of sp³-hybridized carbons (Fsp3) is 0.417. The molecule has 1 aromatic carbocycles. The lowest BCUT2D eigenvalue weighted by molar-refractivity contribution is 1.02. The van der Waals surface area contributed by atoms with Crippen molar-refractivity contribution in [3.8, 4) is 0 Å². The number of hydrogen-bond acceptors (Lipinski definition) is 0. The summed E-state index contributed by atoms with van der Waals surface area (Å²) in [4.78, 5) is 0. The van der Waals surface area contributed by atoms with Gasteiger partial charge in [-0.15, -0.1) is 0 Å². The fourth-order valence-electron chi connectivity index (χ4n) is 1.87. The Kier molecular flexibility index (Phi) is 1.92. The molecule has 0 nitrogen and oxygen atoms in total. The Hall–Kier alpha value is -0.780. The lowest BCUT2D eigenvalue weighted by Gasteiger charge is -2.09. The largest absolute Gasteiger partial charge is 0.0617 e. The van der Waals surface area contributed by atoms with Crippen molar-refractivity contribution < 1.29 is 0 Å². The topological polar surface area (TPSA) is 0 Å². The second-order valence-electron chi connectivity index (χ2n) is 3.62. The van der Waals surface area contributed by atoms with Gasteiger partial charge in [-0.3, -0.25) is 0 Å². The van der Waals surface area contributed by atoms with Gasteiger partial charge in [0.15, 0.2) is 0 Å². The zero-order valence-corrected chi connectivity index (χ0v) is 7.64. The van der Waals surface area contributed by atoms with Crippen molar-refractivity contribution in [1.29, 1.82) is 0 Å². The zero-order chi connectivity index (χ0) is 8.55. The van der Waals surface area contributed by atoms with Crippen LogP contribution in [0.25, 0.3) is 0 Å². The van der Waals surface area contributed by atoms with E-state index in [1.165, 1.54) is 24.0 Å². The van der Waals surface area contributed by atoms with E-state index >= 15 is 0 Å². The summed E-state index contributed by atoms with van der Waals surface area (Å²) in [6.45, 7) is 6.31. The molecule has 0 N–H and O–H groups in total. The smallest absolute Gasteiger partial charge is 0.0156 e. The molecule has 0 atom stereocenters. The molecule has 0 spiro atoms. The van der Waals surface area contributed by atoms with Crippen LogP contribution in [0.4, 0.5) is 0 Å². The van der Waals surface area contributed by atoms with E-state index < -0.39 is 0 Å². The van der Waals surface area contributed by atoms with Crippen LogP contribution < -0.4 is 0 Å². The first kappa shape index (κ1) is 7.85. The maximum absolute atomic E-state index is 4.09. The highest BCUT2D eigenvalue weighted by Crippen LogP contribution is 2.43. The monoisotopic (exact) mass is 159 g/mol. The van der Waals surface area contributed by atoms with Gasteiger partial charge in [0.1, 0.15) is 0 Å². The molecule has 0 heteroatoms. The zero-order valence-electron chi connectivity index (χ0n) is 7.64. The average molecular weight is 159 g/mol. The summed E-state index contributed by atoms with van der Waals surface area (Å²) in [6.07, 6.45) is 3.90. The molecule has 1 aromatic rings. The van der Waals surface area contributed by atoms with Crippen molar-refractivity contribution in [3.05, 3.63) is 41.8 Å². The normalized spacial score (nSPS) is 16.5. The highest BCUT2D eigenvalue weighted by atomic mass is 14.3. The Morgan fingerprint density at radius 3 is 2.75 bits per heavy atom. The van der Waals surface area contributed by atoms with E-state index in [1.54, 1.807) is 5.56 Å². The van der Waals surface area contributed by atoms with E-state index in [4.69, 9.17) is 0 Å². The van der Waals surface area contributed by atoms with E-state index in [9.17, 15) is 0 Å². The molecular formula is C12H15. The third kappa shape index (κ3) is 1.26. The molecule has 1 radical (unpaired) electrons. The van der Waals surface area contributed by atoms with Gasteiger partial charge in [-0.25, -0.2) is 0 Å². The Labute approximate surface area is 74.6 Å². The predicted molar refractivity (Wildman–Crippen MR) is 52.3 cm³/mol. The van der Waals surface area contributed by atoms with Crippen LogP contribution in [0, 0.1) is 6.92 Å². The highest BCUT2D eigenvalue weighted by molar-refractivity contribution is 5.41. The average Bonchev–Trinajstić information content (AvgIpc) is 2.87. The number of aryl methyl sites for hydroxylation is 1. The fourth-order valence-corrected chi connectivity index (χ4v) is 1.87. The molecule has 0 bridgehead atoms. The highest BCUT2D eigenvalue weighted by Gasteiger charge is 2.26. The van der Waals surface area contributed by atoms with Crippen molar-refractivity contribution in [2.45, 2.75) is 32.1 Å². The molecule has 1 aliphatic carbocycles. The molecule has 1 saturated carbocycles. The molecule has 0 aromatic heterocycles. The molecule has 2 rings (SSSR count). The Balaban J connectivity index is 2.45. The minimum atomic E-state index is 0.841. The van der Waals surface area contributed by atoms with Crippen LogP contribution >= 0.6 is 0 Å². The molecule has 0 heterocycles. The number of benzene rings is 1. The van der Waals surface area contributed by atoms with Gasteiger partial charge in [0.05, 0.1) is 0 Å². The first-order valence-electron chi connectivity index (χ1n) is 4.76. The van der Waals surface area contributed by atoms with Crippen molar-refractivity contribution in [1.82, 2.24) is 0 Å². The van der Waals surface area contributed by atoms with E-state index in [1.807, 2.05) is 0 Å². The van der Waals surface area contributed by atoms with Crippen molar-refractivity contribution in [2.75, 3.05) is 0 Å². The Morgan fingerprint density at radius 2 is 2.17 bits per heavy atom. The van der Waals surface area contributed by atoms with E-state index in [0.717, 1.165) is 12.3 Å². The first-order chi connectivity index (χ1) is 5.83. The van der Waals surface area contributed by atoms with Gasteiger partial charge < -0.3 is 0 Å². The van der Waals surface area contributed by atoms with Crippen LogP contribution in [0.1, 0.15) is 42.4 Å². The Morgan fingerprint density at radius 1 is 1.42 bits per heavy atom. The summed E-state index contributed by atoms with van der Waals surface area (Å²) >= 11 is 0. The molecule has 0 aliphatic heterocycles. The second-order valence-corrected chi connectivity index (χ2v) is 3.62. The van der Waals surface area contributed by atoms with Gasteiger partial charge in [-0.05, 0) is 48.8 Å². The number of hydrogen-bond donors (Lipinski definition) is 0. The van der Waals surface area contributed by atoms with Gasteiger partial charge in [0.2, 0.25) is 0 Å². The molecule has 0 saturated heterocycles. The molecule has 0 amide bonds. The van der Waals surface area contributed by atoms with Gasteiger partial charge >= 0.3 is 0 Å². The quantitative estimate of drug-likeness (QED) is 0.621. The minimum Gasteiger partial charge on any atom is -0.0617 e. The predicted octanol–water partition coefficient (Wildman–Crippen LogP) is 3.31. The van der Waals surface area contributed by atoms with Crippen molar-refractivity contribution in [2.24, 2.45) is 0 Å². The molecule has 63 valence electrons. The molecule has 1 aliphatic rings. The van der Waals surface area contributed by atoms with Gasteiger partial charge in [0.25, 0.3) is 0 Å². The van der Waals surface area contributed by atoms with Crippen LogP contribution in [0.15, 0.2) is 18.2 Å². The molecule has 12 heavy (non-hydrogen) atoms. The van der Waals surface area contributed by atoms with E-state index in [2.05, 4.69) is 32.0 Å².